The van der Waals surface area contributed by atoms with E-state index in [1.807, 2.05) is 54.6 Å². The topological polar surface area (TPSA) is 83.6 Å². The molecule has 2 N–H and O–H groups in total. The third kappa shape index (κ3) is 7.99. The molecule has 3 aromatic rings. The third-order valence-corrected chi connectivity index (χ3v) is 6.25. The van der Waals surface area contributed by atoms with Gasteiger partial charge in [-0.2, -0.15) is 0 Å². The SMILES string of the molecule is C.O=C(NCC1CCN(C(=O)OCc2ccccc2)CC1)c1ccnc(NCc2cccc(Cl)c2)c1. The van der Waals surface area contributed by atoms with Crippen LogP contribution in [0.2, 0.25) is 5.02 Å². The molecule has 8 heteroatoms. The number of aromatic nitrogens is 1. The Kier molecular flexibility index (Phi) is 10.1. The second-order valence-electron chi connectivity index (χ2n) is 8.59. The summed E-state index contributed by atoms with van der Waals surface area (Å²) >= 11 is 6.03. The largest absolute Gasteiger partial charge is 0.445 e. The predicted octanol–water partition coefficient (Wildman–Crippen LogP) is 5.76. The standard InChI is InChI=1S/C27H29ClN4O3.CH4/c28-24-8-4-7-22(15-24)18-30-25-16-23(9-12-29-25)26(33)31-17-20-10-13-32(14-11-20)27(34)35-19-21-5-2-1-3-6-21;/h1-9,12,15-16,20H,10-11,13-14,17-19H2,(H,29,30)(H,31,33);1H4. The van der Waals surface area contributed by atoms with Crippen molar-refractivity contribution in [2.45, 2.75) is 33.4 Å². The van der Waals surface area contributed by atoms with Crippen LogP contribution in [0.25, 0.3) is 0 Å². The first-order valence-electron chi connectivity index (χ1n) is 11.7. The molecule has 0 spiro atoms. The number of anilines is 1. The van der Waals surface area contributed by atoms with E-state index >= 15 is 0 Å². The van der Waals surface area contributed by atoms with E-state index < -0.39 is 0 Å². The molecule has 2 heterocycles. The lowest BCUT2D eigenvalue weighted by atomic mass is 9.97. The molecule has 0 atom stereocenters. The van der Waals surface area contributed by atoms with Crippen LogP contribution >= 0.6 is 11.6 Å². The number of benzene rings is 2. The molecule has 1 fully saturated rings. The van der Waals surface area contributed by atoms with Crippen molar-refractivity contribution in [3.63, 3.8) is 0 Å². The Bertz CT molecular complexity index is 1130. The van der Waals surface area contributed by atoms with Gasteiger partial charge in [-0.1, -0.05) is 61.5 Å². The highest BCUT2D eigenvalue weighted by Gasteiger charge is 2.24. The van der Waals surface area contributed by atoms with Crippen molar-refractivity contribution in [3.8, 4) is 0 Å². The lowest BCUT2D eigenvalue weighted by Crippen LogP contribution is -2.41. The van der Waals surface area contributed by atoms with Crippen molar-refractivity contribution in [2.24, 2.45) is 5.92 Å². The molecular weight excluding hydrogens is 476 g/mol. The van der Waals surface area contributed by atoms with Crippen LogP contribution in [-0.2, 0) is 17.9 Å². The highest BCUT2D eigenvalue weighted by atomic mass is 35.5. The number of carbonyl (C=O) groups excluding carboxylic acids is 2. The van der Waals surface area contributed by atoms with Crippen molar-refractivity contribution < 1.29 is 14.3 Å². The lowest BCUT2D eigenvalue weighted by molar-refractivity contribution is 0.0801. The predicted molar refractivity (Wildman–Crippen MR) is 143 cm³/mol. The van der Waals surface area contributed by atoms with Crippen LogP contribution in [0.1, 0.15) is 41.8 Å². The molecule has 0 radical (unpaired) electrons. The zero-order valence-corrected chi connectivity index (χ0v) is 20.2. The van der Waals surface area contributed by atoms with Gasteiger partial charge in [0.1, 0.15) is 12.4 Å². The van der Waals surface area contributed by atoms with Gasteiger partial charge in [0.25, 0.3) is 5.91 Å². The number of carbonyl (C=O) groups is 2. The summed E-state index contributed by atoms with van der Waals surface area (Å²) in [6, 6.07) is 20.7. The molecular formula is C28H33ClN4O3. The van der Waals surface area contributed by atoms with Crippen LogP contribution in [0.15, 0.2) is 72.9 Å². The van der Waals surface area contributed by atoms with E-state index in [0.717, 1.165) is 24.0 Å². The molecule has 1 aliphatic heterocycles. The minimum absolute atomic E-state index is 0. The quantitative estimate of drug-likeness (QED) is 0.404. The minimum atomic E-state index is -0.286. The van der Waals surface area contributed by atoms with Crippen LogP contribution in [0.3, 0.4) is 0 Å². The van der Waals surface area contributed by atoms with Gasteiger partial charge in [-0.05, 0) is 54.2 Å². The first-order chi connectivity index (χ1) is 17.1. The monoisotopic (exact) mass is 508 g/mol. The van der Waals surface area contributed by atoms with Crippen LogP contribution in [0.4, 0.5) is 10.6 Å². The number of ether oxygens (including phenoxy) is 1. The van der Waals surface area contributed by atoms with E-state index in [4.69, 9.17) is 16.3 Å². The molecule has 1 aromatic heterocycles. The Morgan fingerprint density at radius 3 is 2.50 bits per heavy atom. The molecule has 36 heavy (non-hydrogen) atoms. The number of nitrogens with zero attached hydrogens (tertiary/aromatic N) is 2. The fraction of sp³-hybridized carbons (Fsp3) is 0.321. The van der Waals surface area contributed by atoms with E-state index in [1.165, 1.54) is 0 Å². The molecule has 190 valence electrons. The lowest BCUT2D eigenvalue weighted by Gasteiger charge is -2.31. The Balaban J connectivity index is 0.00000361. The van der Waals surface area contributed by atoms with Crippen LogP contribution in [0, 0.1) is 5.92 Å². The molecule has 1 saturated heterocycles. The maximum atomic E-state index is 12.7. The number of amides is 2. The summed E-state index contributed by atoms with van der Waals surface area (Å²) in [5.41, 5.74) is 2.55. The molecule has 0 aliphatic carbocycles. The summed E-state index contributed by atoms with van der Waals surface area (Å²) in [5, 5.41) is 6.93. The molecule has 2 amide bonds. The summed E-state index contributed by atoms with van der Waals surface area (Å²) < 4.78 is 5.42. The van der Waals surface area contributed by atoms with Gasteiger partial charge in [-0.3, -0.25) is 4.79 Å². The smallest absolute Gasteiger partial charge is 0.410 e. The Morgan fingerprint density at radius 1 is 1.00 bits per heavy atom. The van der Waals surface area contributed by atoms with Gasteiger partial charge in [0, 0.05) is 43.0 Å². The van der Waals surface area contributed by atoms with Gasteiger partial charge in [0.2, 0.25) is 0 Å². The van der Waals surface area contributed by atoms with E-state index in [0.29, 0.717) is 48.5 Å². The van der Waals surface area contributed by atoms with E-state index in [1.54, 1.807) is 23.2 Å². The molecule has 1 aliphatic rings. The normalized spacial score (nSPS) is 13.4. The van der Waals surface area contributed by atoms with Crippen molar-refractivity contribution in [1.29, 1.82) is 0 Å². The summed E-state index contributed by atoms with van der Waals surface area (Å²) in [7, 11) is 0. The minimum Gasteiger partial charge on any atom is -0.445 e. The van der Waals surface area contributed by atoms with Gasteiger partial charge in [-0.15, -0.1) is 0 Å². The number of pyridine rings is 1. The fourth-order valence-corrected chi connectivity index (χ4v) is 4.19. The Hall–Kier alpha value is -3.58. The van der Waals surface area contributed by atoms with Gasteiger partial charge in [0.15, 0.2) is 0 Å². The molecule has 7 nitrogen and oxygen atoms in total. The molecule has 2 aromatic carbocycles. The summed E-state index contributed by atoms with van der Waals surface area (Å²) in [4.78, 5) is 31.1. The molecule has 0 bridgehead atoms. The second kappa shape index (κ2) is 13.5. The van der Waals surface area contributed by atoms with E-state index in [2.05, 4.69) is 15.6 Å². The van der Waals surface area contributed by atoms with Gasteiger partial charge in [-0.25, -0.2) is 9.78 Å². The zero-order valence-electron chi connectivity index (χ0n) is 19.5. The average molecular weight is 509 g/mol. The number of piperidine rings is 1. The number of nitrogens with one attached hydrogen (secondary N) is 2. The van der Waals surface area contributed by atoms with Gasteiger partial charge < -0.3 is 20.3 Å². The van der Waals surface area contributed by atoms with Crippen molar-refractivity contribution in [1.82, 2.24) is 15.2 Å². The average Bonchev–Trinajstić information content (AvgIpc) is 2.90. The summed E-state index contributed by atoms with van der Waals surface area (Å²) in [5.74, 6) is 0.808. The van der Waals surface area contributed by atoms with Crippen LogP contribution < -0.4 is 10.6 Å². The van der Waals surface area contributed by atoms with Crippen molar-refractivity contribution >= 4 is 29.4 Å². The summed E-state index contributed by atoms with van der Waals surface area (Å²) in [6.07, 6.45) is 2.98. The number of likely N-dealkylation sites (tertiary alicyclic amines) is 1. The first kappa shape index (κ1) is 27.0. The van der Waals surface area contributed by atoms with Crippen LogP contribution in [-0.4, -0.2) is 41.5 Å². The van der Waals surface area contributed by atoms with Crippen molar-refractivity contribution in [2.75, 3.05) is 25.0 Å². The number of hydrogen-bond donors (Lipinski definition) is 2. The fourth-order valence-electron chi connectivity index (χ4n) is 3.98. The Labute approximate surface area is 217 Å². The molecule has 0 unspecified atom stereocenters. The summed E-state index contributed by atoms with van der Waals surface area (Å²) in [6.45, 7) is 2.66. The third-order valence-electron chi connectivity index (χ3n) is 6.01. The maximum absolute atomic E-state index is 12.7. The van der Waals surface area contributed by atoms with Crippen molar-refractivity contribution in [3.05, 3.63) is 94.6 Å². The number of halogens is 1. The highest BCUT2D eigenvalue weighted by Crippen LogP contribution is 2.18. The maximum Gasteiger partial charge on any atom is 0.410 e. The van der Waals surface area contributed by atoms with Gasteiger partial charge in [0.05, 0.1) is 0 Å². The number of rotatable bonds is 8. The number of hydrogen-bond acceptors (Lipinski definition) is 5. The molecule has 0 saturated carbocycles. The first-order valence-corrected chi connectivity index (χ1v) is 12.1. The second-order valence-corrected chi connectivity index (χ2v) is 9.03. The Morgan fingerprint density at radius 2 is 1.75 bits per heavy atom. The van der Waals surface area contributed by atoms with E-state index in [9.17, 15) is 9.59 Å². The van der Waals surface area contributed by atoms with Gasteiger partial charge >= 0.3 is 6.09 Å². The zero-order chi connectivity index (χ0) is 24.5. The van der Waals surface area contributed by atoms with Crippen LogP contribution in [0.5, 0.6) is 0 Å². The van der Waals surface area contributed by atoms with E-state index in [-0.39, 0.29) is 26.0 Å². The molecule has 4 rings (SSSR count). The highest BCUT2D eigenvalue weighted by molar-refractivity contribution is 6.30.